The van der Waals surface area contributed by atoms with E-state index in [0.717, 1.165) is 32.2 Å². The number of carbonyl (C=O) groups excluding carboxylic acids is 1. The maximum atomic E-state index is 12.4. The van der Waals surface area contributed by atoms with Crippen LogP contribution in [0.4, 0.5) is 0 Å². The summed E-state index contributed by atoms with van der Waals surface area (Å²) in [4.78, 5) is 14.7. The summed E-state index contributed by atoms with van der Waals surface area (Å²) in [5, 5.41) is 3.05. The number of rotatable bonds is 6. The molecule has 0 spiro atoms. The number of morpholine rings is 1. The molecule has 0 bridgehead atoms. The van der Waals surface area contributed by atoms with Crippen LogP contribution in [-0.4, -0.2) is 54.3 Å². The molecular weight excluding hydrogens is 266 g/mol. The second kappa shape index (κ2) is 7.09. The molecule has 1 aromatic heterocycles. The minimum atomic E-state index is -0.107. The average Bonchev–Trinajstić information content (AvgIpc) is 2.96. The first-order chi connectivity index (χ1) is 10.3. The summed E-state index contributed by atoms with van der Waals surface area (Å²) in [5.74, 6) is 0.902. The number of nitrogens with zero attached hydrogens (tertiary/aromatic N) is 2. The third-order valence-corrected chi connectivity index (χ3v) is 4.59. The zero-order valence-electron chi connectivity index (χ0n) is 12.5. The van der Waals surface area contributed by atoms with E-state index in [1.54, 1.807) is 0 Å². The summed E-state index contributed by atoms with van der Waals surface area (Å²) in [7, 11) is 0. The topological polar surface area (TPSA) is 46.5 Å². The van der Waals surface area contributed by atoms with Gasteiger partial charge in [0.25, 0.3) is 0 Å². The number of amides is 1. The molecule has 3 rings (SSSR count). The Morgan fingerprint density at radius 1 is 1.29 bits per heavy atom. The molecule has 1 aliphatic heterocycles. The SMILES string of the molecule is O=C(NCCn1cccc1)[C@@H]1COCCN1CC1CCC1. The second-order valence-corrected chi connectivity index (χ2v) is 6.09. The smallest absolute Gasteiger partial charge is 0.239 e. The average molecular weight is 291 g/mol. The summed E-state index contributed by atoms with van der Waals surface area (Å²) in [6, 6.07) is 3.89. The molecule has 1 saturated heterocycles. The lowest BCUT2D eigenvalue weighted by atomic mass is 9.84. The standard InChI is InChI=1S/C16H25N3O2/c20-16(17-6-9-18-7-1-2-8-18)15-13-21-11-10-19(15)12-14-4-3-5-14/h1-2,7-8,14-15H,3-6,9-13H2,(H,17,20)/t15-/m0/s1. The van der Waals surface area contributed by atoms with Gasteiger partial charge >= 0.3 is 0 Å². The van der Waals surface area contributed by atoms with E-state index in [9.17, 15) is 4.79 Å². The van der Waals surface area contributed by atoms with Gasteiger partial charge in [0.1, 0.15) is 6.04 Å². The Balaban J connectivity index is 1.46. The van der Waals surface area contributed by atoms with Crippen LogP contribution >= 0.6 is 0 Å². The summed E-state index contributed by atoms with van der Waals surface area (Å²) < 4.78 is 7.58. The van der Waals surface area contributed by atoms with Crippen LogP contribution in [-0.2, 0) is 16.1 Å². The van der Waals surface area contributed by atoms with Gasteiger partial charge in [0.05, 0.1) is 13.2 Å². The van der Waals surface area contributed by atoms with Gasteiger partial charge in [-0.25, -0.2) is 0 Å². The molecule has 0 radical (unpaired) electrons. The van der Waals surface area contributed by atoms with Crippen LogP contribution in [0.25, 0.3) is 0 Å². The highest BCUT2D eigenvalue weighted by molar-refractivity contribution is 5.82. The fourth-order valence-corrected chi connectivity index (χ4v) is 3.05. The van der Waals surface area contributed by atoms with Crippen LogP contribution < -0.4 is 5.32 Å². The minimum Gasteiger partial charge on any atom is -0.378 e. The Kier molecular flexibility index (Phi) is 4.93. The summed E-state index contributed by atoms with van der Waals surface area (Å²) in [6.45, 7) is 4.70. The van der Waals surface area contributed by atoms with Crippen molar-refractivity contribution in [1.82, 2.24) is 14.8 Å². The highest BCUT2D eigenvalue weighted by atomic mass is 16.5. The van der Waals surface area contributed by atoms with E-state index < -0.39 is 0 Å². The normalized spacial score (nSPS) is 23.7. The monoisotopic (exact) mass is 291 g/mol. The number of ether oxygens (including phenoxy) is 1. The first kappa shape index (κ1) is 14.6. The fourth-order valence-electron chi connectivity index (χ4n) is 3.05. The van der Waals surface area contributed by atoms with Crippen LogP contribution in [0.2, 0.25) is 0 Å². The number of carbonyl (C=O) groups is 1. The van der Waals surface area contributed by atoms with E-state index in [0.29, 0.717) is 13.2 Å². The lowest BCUT2D eigenvalue weighted by Gasteiger charge is -2.39. The molecule has 2 heterocycles. The van der Waals surface area contributed by atoms with Gasteiger partial charge in [-0.3, -0.25) is 9.69 Å². The summed E-state index contributed by atoms with van der Waals surface area (Å²) in [5.41, 5.74) is 0. The third kappa shape index (κ3) is 3.86. The van der Waals surface area contributed by atoms with Gasteiger partial charge in [-0.1, -0.05) is 6.42 Å². The number of aromatic nitrogens is 1. The van der Waals surface area contributed by atoms with Gasteiger partial charge in [-0.15, -0.1) is 0 Å². The van der Waals surface area contributed by atoms with Crippen molar-refractivity contribution in [3.63, 3.8) is 0 Å². The molecule has 2 aliphatic rings. The number of hydrogen-bond donors (Lipinski definition) is 1. The van der Waals surface area contributed by atoms with E-state index in [1.807, 2.05) is 24.5 Å². The van der Waals surface area contributed by atoms with Crippen molar-refractivity contribution in [1.29, 1.82) is 0 Å². The highest BCUT2D eigenvalue weighted by Crippen LogP contribution is 2.28. The van der Waals surface area contributed by atoms with Crippen molar-refractivity contribution < 1.29 is 9.53 Å². The summed E-state index contributed by atoms with van der Waals surface area (Å²) >= 11 is 0. The quantitative estimate of drug-likeness (QED) is 0.854. The van der Waals surface area contributed by atoms with Gasteiger partial charge < -0.3 is 14.6 Å². The van der Waals surface area contributed by atoms with Gasteiger partial charge in [-0.05, 0) is 30.9 Å². The van der Waals surface area contributed by atoms with Crippen molar-refractivity contribution in [3.8, 4) is 0 Å². The van der Waals surface area contributed by atoms with Crippen LogP contribution in [0.15, 0.2) is 24.5 Å². The van der Waals surface area contributed by atoms with Crippen molar-refractivity contribution in [2.75, 3.05) is 32.8 Å². The molecule has 1 saturated carbocycles. The minimum absolute atomic E-state index is 0.107. The molecule has 1 aliphatic carbocycles. The molecule has 21 heavy (non-hydrogen) atoms. The lowest BCUT2D eigenvalue weighted by molar-refractivity contribution is -0.133. The van der Waals surface area contributed by atoms with Crippen molar-refractivity contribution >= 4 is 5.91 Å². The molecule has 5 heteroatoms. The molecule has 1 N–H and O–H groups in total. The molecule has 1 amide bonds. The molecule has 0 unspecified atom stereocenters. The fraction of sp³-hybridized carbons (Fsp3) is 0.688. The van der Waals surface area contributed by atoms with E-state index in [4.69, 9.17) is 4.74 Å². The number of nitrogens with one attached hydrogen (secondary N) is 1. The molecular formula is C16H25N3O2. The van der Waals surface area contributed by atoms with Gasteiger partial charge in [-0.2, -0.15) is 0 Å². The zero-order chi connectivity index (χ0) is 14.5. The highest BCUT2D eigenvalue weighted by Gasteiger charge is 2.32. The summed E-state index contributed by atoms with van der Waals surface area (Å²) in [6.07, 6.45) is 8.01. The Hall–Kier alpha value is -1.33. The molecule has 5 nitrogen and oxygen atoms in total. The Bertz CT molecular complexity index is 442. The predicted molar refractivity (Wildman–Crippen MR) is 81.0 cm³/mol. The van der Waals surface area contributed by atoms with E-state index in [-0.39, 0.29) is 11.9 Å². The van der Waals surface area contributed by atoms with Crippen molar-refractivity contribution in [2.24, 2.45) is 5.92 Å². The first-order valence-corrected chi connectivity index (χ1v) is 8.03. The third-order valence-electron chi connectivity index (χ3n) is 4.59. The van der Waals surface area contributed by atoms with Gasteiger partial charge in [0, 0.05) is 38.6 Å². The predicted octanol–water partition coefficient (Wildman–Crippen LogP) is 1.11. The Morgan fingerprint density at radius 2 is 2.10 bits per heavy atom. The van der Waals surface area contributed by atoms with E-state index in [2.05, 4.69) is 14.8 Å². The molecule has 1 atom stereocenters. The van der Waals surface area contributed by atoms with Crippen molar-refractivity contribution in [2.45, 2.75) is 31.8 Å². The van der Waals surface area contributed by atoms with E-state index >= 15 is 0 Å². The Morgan fingerprint density at radius 3 is 2.81 bits per heavy atom. The van der Waals surface area contributed by atoms with Gasteiger partial charge in [0.2, 0.25) is 5.91 Å². The van der Waals surface area contributed by atoms with Crippen LogP contribution in [0.3, 0.4) is 0 Å². The molecule has 2 fully saturated rings. The largest absolute Gasteiger partial charge is 0.378 e. The lowest BCUT2D eigenvalue weighted by Crippen LogP contribution is -2.55. The van der Waals surface area contributed by atoms with Gasteiger partial charge in [0.15, 0.2) is 0 Å². The van der Waals surface area contributed by atoms with Crippen molar-refractivity contribution in [3.05, 3.63) is 24.5 Å². The van der Waals surface area contributed by atoms with Crippen LogP contribution in [0.5, 0.6) is 0 Å². The Labute approximate surface area is 126 Å². The first-order valence-electron chi connectivity index (χ1n) is 8.03. The maximum absolute atomic E-state index is 12.4. The molecule has 116 valence electrons. The zero-order valence-corrected chi connectivity index (χ0v) is 12.5. The molecule has 1 aromatic rings. The maximum Gasteiger partial charge on any atom is 0.239 e. The van der Waals surface area contributed by atoms with Crippen LogP contribution in [0, 0.1) is 5.92 Å². The molecule has 0 aromatic carbocycles. The second-order valence-electron chi connectivity index (χ2n) is 6.09. The number of hydrogen-bond acceptors (Lipinski definition) is 3. The van der Waals surface area contributed by atoms with Crippen LogP contribution in [0.1, 0.15) is 19.3 Å². The van der Waals surface area contributed by atoms with E-state index in [1.165, 1.54) is 19.3 Å².